The highest BCUT2D eigenvalue weighted by molar-refractivity contribution is 7.11. The second kappa shape index (κ2) is 4.42. The zero-order chi connectivity index (χ0) is 12.5. The summed E-state index contributed by atoms with van der Waals surface area (Å²) in [6, 6.07) is 8.16. The molecule has 0 radical (unpaired) electrons. The number of para-hydroxylation sites is 2. The zero-order valence-electron chi connectivity index (χ0n) is 10.3. The zero-order valence-corrected chi connectivity index (χ0v) is 11.1. The summed E-state index contributed by atoms with van der Waals surface area (Å²) in [5.41, 5.74) is 2.02. The van der Waals surface area contributed by atoms with Crippen molar-refractivity contribution in [3.63, 3.8) is 0 Å². The van der Waals surface area contributed by atoms with Gasteiger partial charge in [-0.25, -0.2) is 9.97 Å². The van der Waals surface area contributed by atoms with Gasteiger partial charge in [0, 0.05) is 11.1 Å². The molecule has 2 aromatic heterocycles. The fourth-order valence-electron chi connectivity index (χ4n) is 1.86. The lowest BCUT2D eigenvalue weighted by Crippen LogP contribution is -2.07. The van der Waals surface area contributed by atoms with Crippen molar-refractivity contribution in [3.8, 4) is 0 Å². The SMILES string of the molecule is Cc1cnc(C(C)Nc2nc3ccccc3[nH]2)s1. The highest BCUT2D eigenvalue weighted by atomic mass is 32.1. The van der Waals surface area contributed by atoms with E-state index >= 15 is 0 Å². The highest BCUT2D eigenvalue weighted by Gasteiger charge is 2.11. The first-order chi connectivity index (χ1) is 8.72. The van der Waals surface area contributed by atoms with Crippen LogP contribution in [-0.4, -0.2) is 15.0 Å². The molecule has 3 rings (SSSR count). The second-order valence-corrected chi connectivity index (χ2v) is 5.54. The summed E-state index contributed by atoms with van der Waals surface area (Å²) >= 11 is 1.71. The Morgan fingerprint density at radius 1 is 1.33 bits per heavy atom. The highest BCUT2D eigenvalue weighted by Crippen LogP contribution is 2.23. The third kappa shape index (κ3) is 2.09. The number of aromatic nitrogens is 3. The minimum atomic E-state index is 0.157. The maximum Gasteiger partial charge on any atom is 0.201 e. The Balaban J connectivity index is 1.83. The van der Waals surface area contributed by atoms with Crippen LogP contribution >= 0.6 is 11.3 Å². The lowest BCUT2D eigenvalue weighted by Gasteiger charge is -2.09. The second-order valence-electron chi connectivity index (χ2n) is 4.28. The predicted molar refractivity (Wildman–Crippen MR) is 75.0 cm³/mol. The fourth-order valence-corrected chi connectivity index (χ4v) is 2.64. The van der Waals surface area contributed by atoms with Crippen LogP contribution < -0.4 is 5.32 Å². The van der Waals surface area contributed by atoms with Crippen LogP contribution in [0.5, 0.6) is 0 Å². The molecule has 0 saturated carbocycles. The fraction of sp³-hybridized carbons (Fsp3) is 0.231. The molecule has 0 bridgehead atoms. The molecule has 0 saturated heterocycles. The van der Waals surface area contributed by atoms with Crippen LogP contribution in [0.1, 0.15) is 22.9 Å². The van der Waals surface area contributed by atoms with Gasteiger partial charge in [0.2, 0.25) is 5.95 Å². The van der Waals surface area contributed by atoms with Gasteiger partial charge in [-0.3, -0.25) is 0 Å². The summed E-state index contributed by atoms with van der Waals surface area (Å²) in [6.07, 6.45) is 1.90. The Morgan fingerprint density at radius 3 is 2.89 bits per heavy atom. The van der Waals surface area contributed by atoms with E-state index in [4.69, 9.17) is 0 Å². The van der Waals surface area contributed by atoms with E-state index in [0.29, 0.717) is 0 Å². The molecule has 2 heterocycles. The Bertz CT molecular complexity index is 637. The van der Waals surface area contributed by atoms with Crippen molar-refractivity contribution in [2.45, 2.75) is 19.9 Å². The van der Waals surface area contributed by atoms with Crippen molar-refractivity contribution in [2.24, 2.45) is 0 Å². The quantitative estimate of drug-likeness (QED) is 0.756. The number of nitrogens with one attached hydrogen (secondary N) is 2. The molecule has 0 aliphatic carbocycles. The third-order valence-corrected chi connectivity index (χ3v) is 3.85. The monoisotopic (exact) mass is 258 g/mol. The van der Waals surface area contributed by atoms with E-state index in [2.05, 4.69) is 34.1 Å². The standard InChI is InChI=1S/C13H14N4S/c1-8-7-14-12(18-8)9(2)15-13-16-10-5-3-4-6-11(10)17-13/h3-7,9H,1-2H3,(H2,15,16,17). The molecule has 3 aromatic rings. The van der Waals surface area contributed by atoms with Gasteiger partial charge in [0.05, 0.1) is 17.1 Å². The number of fused-ring (bicyclic) bond motifs is 1. The van der Waals surface area contributed by atoms with Crippen LogP contribution in [0.25, 0.3) is 11.0 Å². The van der Waals surface area contributed by atoms with Gasteiger partial charge >= 0.3 is 0 Å². The van der Waals surface area contributed by atoms with Gasteiger partial charge < -0.3 is 10.3 Å². The number of rotatable bonds is 3. The van der Waals surface area contributed by atoms with Crippen molar-refractivity contribution in [1.82, 2.24) is 15.0 Å². The molecule has 92 valence electrons. The molecule has 18 heavy (non-hydrogen) atoms. The van der Waals surface area contributed by atoms with Crippen molar-refractivity contribution in [1.29, 1.82) is 0 Å². The summed E-state index contributed by atoms with van der Waals surface area (Å²) < 4.78 is 0. The lowest BCUT2D eigenvalue weighted by atomic mass is 10.3. The average Bonchev–Trinajstić information content (AvgIpc) is 2.94. The van der Waals surface area contributed by atoms with E-state index in [-0.39, 0.29) is 6.04 Å². The van der Waals surface area contributed by atoms with Crippen LogP contribution in [0.2, 0.25) is 0 Å². The lowest BCUT2D eigenvalue weighted by molar-refractivity contribution is 0.855. The molecule has 0 aliphatic heterocycles. The Kier molecular flexibility index (Phi) is 2.76. The van der Waals surface area contributed by atoms with Crippen molar-refractivity contribution in [3.05, 3.63) is 40.3 Å². The number of anilines is 1. The number of benzene rings is 1. The van der Waals surface area contributed by atoms with Crippen LogP contribution in [0.4, 0.5) is 5.95 Å². The molecule has 2 N–H and O–H groups in total. The first-order valence-corrected chi connectivity index (χ1v) is 6.67. The average molecular weight is 258 g/mol. The van der Waals surface area contributed by atoms with Gasteiger partial charge in [0.1, 0.15) is 5.01 Å². The van der Waals surface area contributed by atoms with E-state index in [1.165, 1.54) is 4.88 Å². The van der Waals surface area contributed by atoms with E-state index in [1.54, 1.807) is 11.3 Å². The number of H-pyrrole nitrogens is 1. The largest absolute Gasteiger partial charge is 0.347 e. The number of aryl methyl sites for hydroxylation is 1. The van der Waals surface area contributed by atoms with Crippen LogP contribution in [-0.2, 0) is 0 Å². The van der Waals surface area contributed by atoms with E-state index in [9.17, 15) is 0 Å². The van der Waals surface area contributed by atoms with Crippen LogP contribution in [0.15, 0.2) is 30.5 Å². The number of imidazole rings is 1. The topological polar surface area (TPSA) is 53.6 Å². The number of nitrogens with zero attached hydrogens (tertiary/aromatic N) is 2. The summed E-state index contributed by atoms with van der Waals surface area (Å²) in [5.74, 6) is 0.788. The smallest absolute Gasteiger partial charge is 0.201 e. The minimum Gasteiger partial charge on any atom is -0.347 e. The predicted octanol–water partition coefficient (Wildman–Crippen LogP) is 3.50. The molecule has 0 fully saturated rings. The van der Waals surface area contributed by atoms with Gasteiger partial charge in [-0.1, -0.05) is 12.1 Å². The summed E-state index contributed by atoms with van der Waals surface area (Å²) in [6.45, 7) is 4.15. The van der Waals surface area contributed by atoms with Crippen LogP contribution in [0, 0.1) is 6.92 Å². The molecule has 1 aromatic carbocycles. The van der Waals surface area contributed by atoms with Crippen molar-refractivity contribution < 1.29 is 0 Å². The maximum absolute atomic E-state index is 4.50. The van der Waals surface area contributed by atoms with Crippen molar-refractivity contribution >= 4 is 28.3 Å². The summed E-state index contributed by atoms with van der Waals surface area (Å²) in [7, 11) is 0. The van der Waals surface area contributed by atoms with Gasteiger partial charge in [-0.2, -0.15) is 0 Å². The van der Waals surface area contributed by atoms with Crippen LogP contribution in [0.3, 0.4) is 0 Å². The molecule has 0 spiro atoms. The number of aromatic amines is 1. The molecule has 4 nitrogen and oxygen atoms in total. The normalized spacial score (nSPS) is 12.8. The molecule has 1 atom stereocenters. The van der Waals surface area contributed by atoms with Gasteiger partial charge in [-0.05, 0) is 26.0 Å². The Morgan fingerprint density at radius 2 is 2.17 bits per heavy atom. The van der Waals surface area contributed by atoms with E-state index in [0.717, 1.165) is 22.0 Å². The molecule has 5 heteroatoms. The molecular weight excluding hydrogens is 244 g/mol. The van der Waals surface area contributed by atoms with Gasteiger partial charge in [0.15, 0.2) is 0 Å². The summed E-state index contributed by atoms with van der Waals surface area (Å²) in [5, 5.41) is 4.42. The first-order valence-electron chi connectivity index (χ1n) is 5.86. The Hall–Kier alpha value is -1.88. The molecule has 0 aliphatic rings. The van der Waals surface area contributed by atoms with E-state index in [1.807, 2.05) is 30.5 Å². The number of thiazole rings is 1. The van der Waals surface area contributed by atoms with Gasteiger partial charge in [0.25, 0.3) is 0 Å². The van der Waals surface area contributed by atoms with Gasteiger partial charge in [-0.15, -0.1) is 11.3 Å². The molecular formula is C13H14N4S. The number of hydrogen-bond donors (Lipinski definition) is 2. The third-order valence-electron chi connectivity index (χ3n) is 2.75. The molecule has 0 amide bonds. The number of hydrogen-bond acceptors (Lipinski definition) is 4. The maximum atomic E-state index is 4.50. The minimum absolute atomic E-state index is 0.157. The summed E-state index contributed by atoms with van der Waals surface area (Å²) in [4.78, 5) is 13.4. The van der Waals surface area contributed by atoms with E-state index < -0.39 is 0 Å². The molecule has 1 unspecified atom stereocenters. The van der Waals surface area contributed by atoms with Crippen molar-refractivity contribution in [2.75, 3.05) is 5.32 Å². The first kappa shape index (κ1) is 11.2. The Labute approximate surface area is 109 Å².